The molecule has 1 fully saturated rings. The number of hydrogen-bond donors (Lipinski definition) is 0. The Balaban J connectivity index is 2.26. The molecule has 1 radical (unpaired) electrons. The Morgan fingerprint density at radius 2 is 2.57 bits per heavy atom. The fourth-order valence-electron chi connectivity index (χ4n) is 0.486. The second-order valence-electron chi connectivity index (χ2n) is 1.39. The van der Waals surface area contributed by atoms with E-state index < -0.39 is 0 Å². The topological polar surface area (TPSA) is 20.3 Å². The quantitative estimate of drug-likeness (QED) is 0.483. The van der Waals surface area contributed by atoms with Crippen LogP contribution in [-0.2, 0) is 4.79 Å². The molecule has 0 bridgehead atoms. The van der Waals surface area contributed by atoms with Gasteiger partial charge in [0.15, 0.2) is 0 Å². The summed E-state index contributed by atoms with van der Waals surface area (Å²) in [6, 6.07) is 0. The third-order valence-corrected chi connectivity index (χ3v) is 1.85. The molecule has 7 heavy (non-hydrogen) atoms. The first kappa shape index (κ1) is 4.97. The average Bonchev–Trinajstić information content (AvgIpc) is 2.14. The second kappa shape index (κ2) is 2.21. The number of carbonyl (C=O) groups excluding carboxylic acids is 1. The Kier molecular flexibility index (Phi) is 1.57. The molecular formula is C4H6NOS. The van der Waals surface area contributed by atoms with Crippen LogP contribution in [0.1, 0.15) is 0 Å². The van der Waals surface area contributed by atoms with Crippen molar-refractivity contribution in [2.24, 2.45) is 0 Å². The van der Waals surface area contributed by atoms with E-state index in [1.165, 1.54) is 0 Å². The highest BCUT2D eigenvalue weighted by molar-refractivity contribution is 7.99. The summed E-state index contributed by atoms with van der Waals surface area (Å²) in [4.78, 5) is 11.4. The molecule has 39 valence electrons. The van der Waals surface area contributed by atoms with Gasteiger partial charge in [0.25, 0.3) is 0 Å². The molecule has 0 unspecified atom stereocenters. The average molecular weight is 116 g/mol. The van der Waals surface area contributed by atoms with Crippen molar-refractivity contribution in [1.82, 2.24) is 4.90 Å². The lowest BCUT2D eigenvalue weighted by Gasteiger charge is -1.99. The molecule has 1 saturated heterocycles. The lowest BCUT2D eigenvalue weighted by Crippen LogP contribution is -2.15. The standard InChI is InChI=1S/C4H6NOS/c6-3-5-1-2-7-4-5/h1-2,4H2. The van der Waals surface area contributed by atoms with Crippen molar-refractivity contribution in [3.8, 4) is 0 Å². The van der Waals surface area contributed by atoms with Crippen molar-refractivity contribution in [3.05, 3.63) is 0 Å². The highest BCUT2D eigenvalue weighted by Crippen LogP contribution is 2.09. The monoisotopic (exact) mass is 116 g/mol. The summed E-state index contributed by atoms with van der Waals surface area (Å²) in [5, 5.41) is 0. The van der Waals surface area contributed by atoms with Crippen molar-refractivity contribution in [2.75, 3.05) is 18.2 Å². The van der Waals surface area contributed by atoms with Crippen molar-refractivity contribution >= 4 is 18.2 Å². The molecule has 1 heterocycles. The van der Waals surface area contributed by atoms with Crippen LogP contribution in [0.2, 0.25) is 0 Å². The van der Waals surface area contributed by atoms with Gasteiger partial charge in [-0.3, -0.25) is 4.79 Å². The van der Waals surface area contributed by atoms with Crippen molar-refractivity contribution in [3.63, 3.8) is 0 Å². The van der Waals surface area contributed by atoms with Crippen LogP contribution in [-0.4, -0.2) is 29.5 Å². The van der Waals surface area contributed by atoms with E-state index in [0.717, 1.165) is 18.2 Å². The molecule has 0 N–H and O–H groups in total. The molecule has 0 aromatic heterocycles. The van der Waals surface area contributed by atoms with Gasteiger partial charge < -0.3 is 4.90 Å². The zero-order valence-electron chi connectivity index (χ0n) is 3.89. The van der Waals surface area contributed by atoms with E-state index in [-0.39, 0.29) is 0 Å². The van der Waals surface area contributed by atoms with Crippen LogP contribution in [0.15, 0.2) is 0 Å². The van der Waals surface area contributed by atoms with E-state index in [1.54, 1.807) is 16.7 Å². The first-order chi connectivity index (χ1) is 3.43. The lowest BCUT2D eigenvalue weighted by atomic mass is 10.7. The summed E-state index contributed by atoms with van der Waals surface area (Å²) in [5.74, 6) is 1.92. The summed E-state index contributed by atoms with van der Waals surface area (Å²) in [7, 11) is 0. The highest BCUT2D eigenvalue weighted by atomic mass is 32.2. The van der Waals surface area contributed by atoms with E-state index >= 15 is 0 Å². The number of rotatable bonds is 1. The van der Waals surface area contributed by atoms with Gasteiger partial charge in [-0.15, -0.1) is 11.8 Å². The zero-order valence-corrected chi connectivity index (χ0v) is 4.70. The Morgan fingerprint density at radius 3 is 2.86 bits per heavy atom. The first-order valence-corrected chi connectivity index (χ1v) is 3.29. The molecule has 2 nitrogen and oxygen atoms in total. The minimum atomic E-state index is 0.837. The first-order valence-electron chi connectivity index (χ1n) is 2.14. The smallest absolute Gasteiger partial charge is 0.312 e. The zero-order chi connectivity index (χ0) is 5.11. The molecule has 1 aliphatic rings. The summed E-state index contributed by atoms with van der Waals surface area (Å²) in [6.45, 7) is 0.883. The van der Waals surface area contributed by atoms with Gasteiger partial charge in [-0.1, -0.05) is 0 Å². The molecule has 0 aromatic rings. The van der Waals surface area contributed by atoms with Crippen LogP contribution in [0, 0.1) is 0 Å². The van der Waals surface area contributed by atoms with Gasteiger partial charge in [0.2, 0.25) is 0 Å². The van der Waals surface area contributed by atoms with E-state index in [4.69, 9.17) is 0 Å². The van der Waals surface area contributed by atoms with Gasteiger partial charge in [-0.2, -0.15) is 0 Å². The maximum absolute atomic E-state index is 9.79. The molecule has 0 aliphatic carbocycles. The molecule has 0 atom stereocenters. The van der Waals surface area contributed by atoms with Gasteiger partial charge in [0, 0.05) is 12.3 Å². The Morgan fingerprint density at radius 1 is 1.71 bits per heavy atom. The van der Waals surface area contributed by atoms with E-state index in [0.29, 0.717) is 0 Å². The van der Waals surface area contributed by atoms with Gasteiger partial charge in [0.1, 0.15) is 0 Å². The van der Waals surface area contributed by atoms with Crippen LogP contribution < -0.4 is 0 Å². The van der Waals surface area contributed by atoms with E-state index in [2.05, 4.69) is 0 Å². The van der Waals surface area contributed by atoms with Crippen LogP contribution in [0.4, 0.5) is 0 Å². The van der Waals surface area contributed by atoms with Crippen LogP contribution >= 0.6 is 11.8 Å². The molecule has 3 heteroatoms. The molecule has 0 spiro atoms. The predicted molar refractivity (Wildman–Crippen MR) is 29.7 cm³/mol. The third kappa shape index (κ3) is 1.09. The molecule has 0 aromatic carbocycles. The maximum Gasteiger partial charge on any atom is 0.312 e. The molecule has 1 rings (SSSR count). The van der Waals surface area contributed by atoms with E-state index in [1.807, 2.05) is 6.41 Å². The largest absolute Gasteiger partial charge is 0.324 e. The summed E-state index contributed by atoms with van der Waals surface area (Å²) in [6.07, 6.45) is 1.83. The number of amides is 1. The molecule has 0 saturated carbocycles. The normalized spacial score (nSPS) is 20.3. The van der Waals surface area contributed by atoms with Crippen LogP contribution in [0.25, 0.3) is 0 Å². The van der Waals surface area contributed by atoms with Crippen LogP contribution in [0.5, 0.6) is 0 Å². The summed E-state index contributed by atoms with van der Waals surface area (Å²) >= 11 is 1.77. The Hall–Kier alpha value is -0.180. The van der Waals surface area contributed by atoms with Gasteiger partial charge in [-0.25, -0.2) is 0 Å². The maximum atomic E-state index is 9.79. The van der Waals surface area contributed by atoms with Crippen molar-refractivity contribution < 1.29 is 4.79 Å². The van der Waals surface area contributed by atoms with E-state index in [9.17, 15) is 4.79 Å². The number of thioether (sulfide) groups is 1. The van der Waals surface area contributed by atoms with Gasteiger partial charge >= 0.3 is 6.41 Å². The number of hydrogen-bond acceptors (Lipinski definition) is 2. The lowest BCUT2D eigenvalue weighted by molar-refractivity contribution is 0.452. The minimum Gasteiger partial charge on any atom is -0.324 e. The van der Waals surface area contributed by atoms with Gasteiger partial charge in [-0.05, 0) is 0 Å². The highest BCUT2D eigenvalue weighted by Gasteiger charge is 2.08. The molecular weight excluding hydrogens is 110 g/mol. The predicted octanol–water partition coefficient (Wildman–Crippen LogP) is 0.0599. The minimum absolute atomic E-state index is 0.837. The van der Waals surface area contributed by atoms with Crippen molar-refractivity contribution in [1.29, 1.82) is 0 Å². The van der Waals surface area contributed by atoms with Crippen LogP contribution in [0.3, 0.4) is 0 Å². The Bertz CT molecular complexity index is 70.1. The Labute approximate surface area is 46.9 Å². The molecule has 1 amide bonds. The van der Waals surface area contributed by atoms with Crippen molar-refractivity contribution in [2.45, 2.75) is 0 Å². The second-order valence-corrected chi connectivity index (χ2v) is 2.47. The fraction of sp³-hybridized carbons (Fsp3) is 0.750. The SMILES string of the molecule is O=[C]N1CCSC1. The summed E-state index contributed by atoms with van der Waals surface area (Å²) in [5.41, 5.74) is 0. The molecule has 1 aliphatic heterocycles. The summed E-state index contributed by atoms with van der Waals surface area (Å²) < 4.78 is 0. The van der Waals surface area contributed by atoms with Gasteiger partial charge in [0.05, 0.1) is 5.88 Å². The fourth-order valence-corrected chi connectivity index (χ4v) is 1.37. The third-order valence-electron chi connectivity index (χ3n) is 0.882. The number of nitrogens with zero attached hydrogens (tertiary/aromatic N) is 1.